The maximum Gasteiger partial charge on any atom is 1.00 e. The summed E-state index contributed by atoms with van der Waals surface area (Å²) in [6, 6.07) is 0.460. The first-order chi connectivity index (χ1) is 48.1. The topological polar surface area (TPSA) is 513 Å². The van der Waals surface area contributed by atoms with Crippen LogP contribution in [-0.2, 0) is 103 Å². The van der Waals surface area contributed by atoms with Gasteiger partial charge in [0.25, 0.3) is 9.05 Å². The number of nitrogens with zero attached hydrogens (tertiary/aromatic N) is 11. The number of nitriles is 2. The zero-order valence-corrected chi connectivity index (χ0v) is 70.1. The van der Waals surface area contributed by atoms with Crippen molar-refractivity contribution in [2.45, 2.75) is 97.9 Å². The molecule has 12 atom stereocenters. The molecular formula is C57H91BClF3KLiN11O27S5. The van der Waals surface area contributed by atoms with Crippen molar-refractivity contribution in [2.24, 2.45) is 23.7 Å². The summed E-state index contributed by atoms with van der Waals surface area (Å²) in [6.45, 7) is 3.58. The summed E-state index contributed by atoms with van der Waals surface area (Å²) < 4.78 is 191. The Balaban J connectivity index is -0.000000406. The Hall–Kier alpha value is -4.97. The summed E-state index contributed by atoms with van der Waals surface area (Å²) in [5.74, 6) is -5.83. The van der Waals surface area contributed by atoms with Gasteiger partial charge in [-0.15, -0.1) is 0 Å². The van der Waals surface area contributed by atoms with Crippen LogP contribution >= 0.6 is 10.7 Å². The zero-order valence-electron chi connectivity index (χ0n) is 63.1. The van der Waals surface area contributed by atoms with E-state index in [9.17, 15) is 104 Å². The van der Waals surface area contributed by atoms with Gasteiger partial charge in [-0.25, -0.2) is 92.9 Å². The Morgan fingerprint density at radius 3 is 0.953 bits per heavy atom. The van der Waals surface area contributed by atoms with E-state index >= 15 is 0 Å². The van der Waals surface area contributed by atoms with Gasteiger partial charge in [0, 0.05) is 105 Å². The number of alkyl halides is 3. The van der Waals surface area contributed by atoms with Crippen LogP contribution in [0.1, 0.15) is 45.5 Å². The van der Waals surface area contributed by atoms with Crippen molar-refractivity contribution in [3.63, 3.8) is 0 Å². The van der Waals surface area contributed by atoms with Gasteiger partial charge < -0.3 is 61.7 Å². The second-order valence-electron chi connectivity index (χ2n) is 23.6. The SMILES string of the molecule is COC(=O)N1[C@H](CC#N)C[C@H](CS(=O)(=O)N(C)C)[C@@H]1CO.COC(=O)[C@H]1[C@@H](CS(=O)(=O)N(C)C)C[C@@H](CC#N)N1C(=O)OC.COC(=O)[C@H]1[C@@H](CS(=O)(=O)N(C)C)C[C@@H](CO)N1C(=O)OC.COC(=O)[C@H]1[C@@H](CS(=O)(=O)N(C)C)C[C@@H](CO)N1C(=O)OC.O=S(=O)(Cl)c1ccc(C(F)(F)F)cc1.[B].[C-]#N.[H-].[K+].[Li+]. The van der Waals surface area contributed by atoms with E-state index in [1.54, 1.807) is 0 Å². The first kappa shape index (κ1) is 108. The molecule has 3 radical (unpaired) electrons. The molecule has 5 rings (SSSR count). The monoisotopic (exact) mass is 1670 g/mol. The van der Waals surface area contributed by atoms with E-state index in [4.69, 9.17) is 37.8 Å². The van der Waals surface area contributed by atoms with Crippen LogP contribution in [0.5, 0.6) is 0 Å². The average molecular weight is 1670 g/mol. The van der Waals surface area contributed by atoms with Crippen molar-refractivity contribution in [1.29, 1.82) is 15.8 Å². The van der Waals surface area contributed by atoms with E-state index in [0.717, 1.165) is 86.7 Å². The van der Waals surface area contributed by atoms with E-state index in [1.165, 1.54) is 68.4 Å². The van der Waals surface area contributed by atoms with Crippen LogP contribution in [0.25, 0.3) is 0 Å². The zero-order chi connectivity index (χ0) is 81.1. The van der Waals surface area contributed by atoms with Crippen molar-refractivity contribution in [3.05, 3.63) is 36.4 Å². The van der Waals surface area contributed by atoms with Crippen LogP contribution < -0.4 is 70.2 Å². The van der Waals surface area contributed by atoms with E-state index in [1.807, 2.05) is 12.1 Å². The van der Waals surface area contributed by atoms with Crippen LogP contribution in [0, 0.1) is 58.2 Å². The summed E-state index contributed by atoms with van der Waals surface area (Å²) in [5.41, 5.74) is -0.915. The Kier molecular flexibility index (Phi) is 49.4. The minimum atomic E-state index is -4.48. The molecule has 1 aromatic carbocycles. The van der Waals surface area contributed by atoms with Crippen LogP contribution in [0.3, 0.4) is 0 Å². The number of halogens is 4. The molecule has 0 aromatic heterocycles. The number of sulfonamides is 4. The molecule has 3 N–H and O–H groups in total. The summed E-state index contributed by atoms with van der Waals surface area (Å²) >= 11 is 0. The number of ether oxygens (including phenoxy) is 7. The second kappa shape index (κ2) is 48.7. The molecule has 4 amide bonds. The predicted molar refractivity (Wildman–Crippen MR) is 364 cm³/mol. The third kappa shape index (κ3) is 30.9. The molecule has 38 nitrogen and oxygen atoms in total. The number of rotatable bonds is 21. The average Bonchev–Trinajstić information content (AvgIpc) is 1.65. The van der Waals surface area contributed by atoms with Crippen molar-refractivity contribution < 1.29 is 209 Å². The Labute approximate surface area is 685 Å². The maximum atomic E-state index is 12.1. The molecule has 0 aliphatic carbocycles. The number of methoxy groups -OCH3 is 7. The molecule has 4 saturated heterocycles. The van der Waals surface area contributed by atoms with Crippen molar-refractivity contribution in [3.8, 4) is 12.1 Å². The second-order valence-corrected chi connectivity index (χ2v) is 35.0. The predicted octanol–water partition coefficient (Wildman–Crippen LogP) is -6.39. The van der Waals surface area contributed by atoms with E-state index in [-0.39, 0.29) is 147 Å². The molecule has 4 fully saturated rings. The fourth-order valence-corrected chi connectivity index (χ4v) is 16.7. The van der Waals surface area contributed by atoms with Gasteiger partial charge in [-0.2, -0.15) is 23.7 Å². The molecule has 1 aromatic rings. The van der Waals surface area contributed by atoms with Crippen molar-refractivity contribution in [2.75, 3.05) is 149 Å². The van der Waals surface area contributed by atoms with Crippen molar-refractivity contribution in [1.82, 2.24) is 36.8 Å². The normalized spacial score (nSPS) is 22.4. The molecule has 4 aliphatic heterocycles. The minimum Gasteiger partial charge on any atom is -1.00 e. The molecule has 107 heavy (non-hydrogen) atoms. The third-order valence-electron chi connectivity index (χ3n) is 16.5. The fraction of sp³-hybridized carbons (Fsp3) is 0.719. The number of carbonyl (C=O) groups excluding carboxylic acids is 7. The standard InChI is InChI=1S/C13H21N3O6S.C12H21N3O5S.2C12H22N2O7S.C7H4ClF3O2S.CN.B.K.Li.H/c1-15(2)23(19,20)8-9-7-10(5-6-14)16(13(18)22-4)11(9)12(17)21-3;1-14(2)21(18,19)8-9-6-10(4-5-13)15(11(9)7-16)12(17)20-3;2*1-13(2)22(18,19)7-8-5-9(6-15)14(12(17)21-4)10(8)11(16)20-3;8-14(12,13)6-3-1-5(2-4-6)7(9,10)11;1-2;;;;/h9-11H,5,7-8H2,1-4H3;9-11,16H,4,6-8H2,1-3H3;2*8-10,15H,5-7H2,1-4H3;1-4H;;;;;/q;;;;;-1;;2*+1;-1/t9-,10-,11-;9-,10-,11+;2*8-,9+,10-;;;;;;/m1111....../s1. The number of likely N-dealkylation sites (tertiary alicyclic amines) is 4. The fourth-order valence-electron chi connectivity index (χ4n) is 11.3. The van der Waals surface area contributed by atoms with E-state index in [0.29, 0.717) is 18.6 Å². The molecular weight excluding hydrogens is 1580 g/mol. The van der Waals surface area contributed by atoms with Gasteiger partial charge in [-0.3, -0.25) is 19.6 Å². The molecule has 0 unspecified atom stereocenters. The maximum absolute atomic E-state index is 12.1. The van der Waals surface area contributed by atoms with Crippen LogP contribution in [0.2, 0.25) is 0 Å². The Morgan fingerprint density at radius 1 is 0.486 bits per heavy atom. The number of amides is 4. The van der Waals surface area contributed by atoms with Gasteiger partial charge in [0.05, 0.1) is 146 Å². The summed E-state index contributed by atoms with van der Waals surface area (Å²) in [5, 5.41) is 52.4. The Morgan fingerprint density at radius 2 is 0.729 bits per heavy atom. The number of esters is 3. The number of hydrogen-bond donors (Lipinski definition) is 3. The van der Waals surface area contributed by atoms with Crippen LogP contribution in [0.4, 0.5) is 32.3 Å². The summed E-state index contributed by atoms with van der Waals surface area (Å²) in [6.07, 6.45) is -6.60. The summed E-state index contributed by atoms with van der Waals surface area (Å²) in [7, 11) is 6.09. The Bertz CT molecular complexity index is 3680. The molecule has 4 aliphatic rings. The smallest absolute Gasteiger partial charge is 1.00 e. The third-order valence-corrected chi connectivity index (χ3v) is 25.8. The largest absolute Gasteiger partial charge is 1.00 e. The van der Waals surface area contributed by atoms with Gasteiger partial charge in [0.15, 0.2) is 0 Å². The molecule has 0 saturated carbocycles. The van der Waals surface area contributed by atoms with Gasteiger partial charge in [0.2, 0.25) is 40.1 Å². The molecule has 0 spiro atoms. The van der Waals surface area contributed by atoms with Gasteiger partial charge in [-0.1, -0.05) is 0 Å². The number of aliphatic hydroxyl groups excluding tert-OH is 3. The molecule has 4 heterocycles. The number of benzene rings is 1. The molecule has 599 valence electrons. The molecule has 0 bridgehead atoms. The van der Waals surface area contributed by atoms with Crippen molar-refractivity contribution >= 4 is 111 Å². The van der Waals surface area contributed by atoms with Gasteiger partial charge in [-0.05, 0) is 55.9 Å². The van der Waals surface area contributed by atoms with Crippen LogP contribution in [-0.4, -0.2) is 342 Å². The first-order valence-electron chi connectivity index (χ1n) is 30.3. The van der Waals surface area contributed by atoms with Gasteiger partial charge >= 0.3 is 119 Å². The van der Waals surface area contributed by atoms with E-state index < -0.39 is 188 Å². The number of carbonyl (C=O) groups is 7. The minimum absolute atomic E-state index is 0. The number of aliphatic hydroxyl groups is 3. The van der Waals surface area contributed by atoms with Crippen LogP contribution in [0.15, 0.2) is 29.2 Å². The van der Waals surface area contributed by atoms with Gasteiger partial charge in [0.1, 0.15) is 18.1 Å². The molecule has 50 heteroatoms. The number of hydrogen-bond acceptors (Lipinski definition) is 30. The quantitative estimate of drug-likeness (QED) is 0.0339. The first-order valence-corrected chi connectivity index (χ1v) is 39.0. The summed E-state index contributed by atoms with van der Waals surface area (Å²) in [4.78, 5) is 87.9. The van der Waals surface area contributed by atoms with E-state index in [2.05, 4.69) is 28.4 Å².